The molecule has 1 saturated carbocycles. The van der Waals surface area contributed by atoms with Gasteiger partial charge in [-0.15, -0.1) is 0 Å². The van der Waals surface area contributed by atoms with Crippen LogP contribution in [0.1, 0.15) is 35.1 Å². The van der Waals surface area contributed by atoms with Crippen LogP contribution in [0.15, 0.2) is 17.9 Å². The van der Waals surface area contributed by atoms with E-state index in [1.807, 2.05) is 20.8 Å². The van der Waals surface area contributed by atoms with E-state index in [-0.39, 0.29) is 29.8 Å². The van der Waals surface area contributed by atoms with Gasteiger partial charge in [0.05, 0.1) is 18.8 Å². The van der Waals surface area contributed by atoms with Gasteiger partial charge in [-0.25, -0.2) is 4.79 Å². The first-order valence-corrected chi connectivity index (χ1v) is 9.90. The third kappa shape index (κ3) is 3.14. The first kappa shape index (κ1) is 19.2. The van der Waals surface area contributed by atoms with Crippen molar-refractivity contribution in [2.24, 2.45) is 17.8 Å². The standard InChI is InChI=1S/C22H27NO5/c1-11-7-12(2)17(13(3)8-11)18-19(24)15-9-14(21-26-5-6-27-21)10-16(15)20(18)28-22(25)23-4/h7-8,14-16,21H,5-6,9-10H2,1-4H3,(H,23,25). The summed E-state index contributed by atoms with van der Waals surface area (Å²) in [6, 6.07) is 4.13. The van der Waals surface area contributed by atoms with Crippen LogP contribution in [-0.4, -0.2) is 38.4 Å². The molecule has 1 aromatic carbocycles. The number of hydrogen-bond donors (Lipinski definition) is 1. The number of amides is 1. The highest BCUT2D eigenvalue weighted by Crippen LogP contribution is 2.53. The smallest absolute Gasteiger partial charge is 0.412 e. The highest BCUT2D eigenvalue weighted by atomic mass is 16.7. The molecule has 1 N–H and O–H groups in total. The highest BCUT2D eigenvalue weighted by Gasteiger charge is 2.52. The lowest BCUT2D eigenvalue weighted by atomic mass is 9.89. The second kappa shape index (κ2) is 7.33. The van der Waals surface area contributed by atoms with Gasteiger partial charge in [-0.3, -0.25) is 4.79 Å². The van der Waals surface area contributed by atoms with E-state index in [2.05, 4.69) is 17.4 Å². The maximum atomic E-state index is 13.5. The Bertz CT molecular complexity index is 829. The third-order valence-corrected chi connectivity index (χ3v) is 6.13. The number of aryl methyl sites for hydroxylation is 3. The van der Waals surface area contributed by atoms with Crippen molar-refractivity contribution in [3.8, 4) is 0 Å². The van der Waals surface area contributed by atoms with E-state index in [1.165, 1.54) is 7.05 Å². The quantitative estimate of drug-likeness (QED) is 0.864. The van der Waals surface area contributed by atoms with Crippen LogP contribution in [0.25, 0.3) is 5.57 Å². The zero-order valence-electron chi connectivity index (χ0n) is 16.8. The second-order valence-corrected chi connectivity index (χ2v) is 8.07. The van der Waals surface area contributed by atoms with E-state index < -0.39 is 6.09 Å². The summed E-state index contributed by atoms with van der Waals surface area (Å²) in [5.74, 6) is 0.418. The zero-order valence-corrected chi connectivity index (χ0v) is 16.8. The Hall–Kier alpha value is -2.18. The minimum Gasteiger partial charge on any atom is -0.414 e. The van der Waals surface area contributed by atoms with E-state index in [0.717, 1.165) is 28.7 Å². The fraction of sp³-hybridized carbons (Fsp3) is 0.545. The number of nitrogens with one attached hydrogen (secondary N) is 1. The molecule has 6 nitrogen and oxygen atoms in total. The number of carbonyl (C=O) groups is 2. The van der Waals surface area contributed by atoms with Crippen molar-refractivity contribution < 1.29 is 23.8 Å². The van der Waals surface area contributed by atoms with E-state index in [9.17, 15) is 9.59 Å². The van der Waals surface area contributed by atoms with Crippen LogP contribution in [0.5, 0.6) is 0 Å². The van der Waals surface area contributed by atoms with Gasteiger partial charge >= 0.3 is 6.09 Å². The SMILES string of the molecule is CNC(=O)OC1=C(c2c(C)cc(C)cc2C)C(=O)C2CC(C3OCCO3)CC12. The van der Waals surface area contributed by atoms with Crippen LogP contribution in [0.3, 0.4) is 0 Å². The summed E-state index contributed by atoms with van der Waals surface area (Å²) < 4.78 is 17.0. The molecule has 6 heteroatoms. The molecule has 1 aliphatic heterocycles. The van der Waals surface area contributed by atoms with Crippen LogP contribution in [0.4, 0.5) is 4.79 Å². The summed E-state index contributed by atoms with van der Waals surface area (Å²) >= 11 is 0. The number of Topliss-reactive ketones (excluding diaryl/α,β-unsaturated/α-hetero) is 1. The number of ketones is 1. The Kier molecular flexibility index (Phi) is 5.02. The molecule has 0 spiro atoms. The molecule has 0 bridgehead atoms. The molecule has 1 heterocycles. The maximum absolute atomic E-state index is 13.5. The Labute approximate surface area is 165 Å². The number of fused-ring (bicyclic) bond motifs is 1. The first-order chi connectivity index (χ1) is 13.4. The Morgan fingerprint density at radius 3 is 2.29 bits per heavy atom. The molecule has 4 rings (SSSR count). The number of benzene rings is 1. The van der Waals surface area contributed by atoms with Gasteiger partial charge in [-0.2, -0.15) is 0 Å². The van der Waals surface area contributed by atoms with Crippen LogP contribution < -0.4 is 5.32 Å². The van der Waals surface area contributed by atoms with Crippen molar-refractivity contribution in [2.45, 2.75) is 39.9 Å². The fourth-order valence-electron chi connectivity index (χ4n) is 5.12. The van der Waals surface area contributed by atoms with Crippen LogP contribution in [-0.2, 0) is 19.0 Å². The normalized spacial score (nSPS) is 27.4. The van der Waals surface area contributed by atoms with Crippen LogP contribution >= 0.6 is 0 Å². The Morgan fingerprint density at radius 1 is 1.07 bits per heavy atom. The van der Waals surface area contributed by atoms with Gasteiger partial charge in [0.1, 0.15) is 5.76 Å². The summed E-state index contributed by atoms with van der Waals surface area (Å²) in [5.41, 5.74) is 4.67. The molecule has 0 aromatic heterocycles. The second-order valence-electron chi connectivity index (χ2n) is 8.07. The molecule has 1 amide bonds. The molecule has 1 aromatic rings. The minimum atomic E-state index is -0.541. The third-order valence-electron chi connectivity index (χ3n) is 6.13. The van der Waals surface area contributed by atoms with Crippen molar-refractivity contribution in [1.82, 2.24) is 5.32 Å². The summed E-state index contributed by atoms with van der Waals surface area (Å²) in [6.45, 7) is 7.23. The van der Waals surface area contributed by atoms with Gasteiger partial charge in [0.2, 0.25) is 0 Å². The molecule has 1 saturated heterocycles. The Morgan fingerprint density at radius 2 is 1.68 bits per heavy atom. The van der Waals surface area contributed by atoms with Crippen molar-refractivity contribution in [3.63, 3.8) is 0 Å². The summed E-state index contributed by atoms with van der Waals surface area (Å²) in [5, 5.41) is 2.51. The highest BCUT2D eigenvalue weighted by molar-refractivity contribution is 6.25. The number of rotatable bonds is 3. The predicted octanol–water partition coefficient (Wildman–Crippen LogP) is 3.28. The number of allylic oxidation sites excluding steroid dienone is 2. The average Bonchev–Trinajstić information content (AvgIpc) is 3.35. The molecular weight excluding hydrogens is 358 g/mol. The van der Waals surface area contributed by atoms with Gasteiger partial charge in [-0.05, 0) is 50.3 Å². The molecule has 3 atom stereocenters. The minimum absolute atomic E-state index is 0.0689. The molecule has 3 unspecified atom stereocenters. The lowest BCUT2D eigenvalue weighted by Crippen LogP contribution is -2.22. The molecule has 3 aliphatic rings. The Balaban J connectivity index is 1.76. The lowest BCUT2D eigenvalue weighted by Gasteiger charge is -2.20. The van der Waals surface area contributed by atoms with E-state index in [4.69, 9.17) is 14.2 Å². The summed E-state index contributed by atoms with van der Waals surface area (Å²) in [4.78, 5) is 25.5. The molecule has 2 fully saturated rings. The monoisotopic (exact) mass is 385 g/mol. The molecule has 28 heavy (non-hydrogen) atoms. The fourth-order valence-corrected chi connectivity index (χ4v) is 5.12. The van der Waals surface area contributed by atoms with Crippen LogP contribution in [0, 0.1) is 38.5 Å². The number of hydrogen-bond acceptors (Lipinski definition) is 5. The largest absolute Gasteiger partial charge is 0.414 e. The predicted molar refractivity (Wildman–Crippen MR) is 104 cm³/mol. The van der Waals surface area contributed by atoms with E-state index in [1.54, 1.807) is 0 Å². The topological polar surface area (TPSA) is 73.9 Å². The van der Waals surface area contributed by atoms with E-state index >= 15 is 0 Å². The number of ether oxygens (including phenoxy) is 3. The van der Waals surface area contributed by atoms with Crippen LogP contribution in [0.2, 0.25) is 0 Å². The lowest BCUT2D eigenvalue weighted by molar-refractivity contribution is -0.117. The average molecular weight is 385 g/mol. The molecule has 2 aliphatic carbocycles. The molecule has 0 radical (unpaired) electrons. The molecule has 150 valence electrons. The van der Waals surface area contributed by atoms with Gasteiger partial charge in [-0.1, -0.05) is 17.7 Å². The van der Waals surface area contributed by atoms with Crippen molar-refractivity contribution in [2.75, 3.05) is 20.3 Å². The summed E-state index contributed by atoms with van der Waals surface area (Å²) in [6.07, 6.45) is 0.620. The van der Waals surface area contributed by atoms with E-state index in [0.29, 0.717) is 31.0 Å². The molecular formula is C22H27NO5. The summed E-state index contributed by atoms with van der Waals surface area (Å²) in [7, 11) is 1.52. The number of carbonyl (C=O) groups excluding carboxylic acids is 2. The van der Waals surface area contributed by atoms with Gasteiger partial charge < -0.3 is 19.5 Å². The first-order valence-electron chi connectivity index (χ1n) is 9.90. The number of alkyl carbamates (subject to hydrolysis) is 1. The van der Waals surface area contributed by atoms with Gasteiger partial charge in [0.15, 0.2) is 12.1 Å². The maximum Gasteiger partial charge on any atom is 0.412 e. The van der Waals surface area contributed by atoms with Crippen molar-refractivity contribution in [3.05, 3.63) is 40.1 Å². The van der Waals surface area contributed by atoms with Gasteiger partial charge in [0.25, 0.3) is 0 Å². The zero-order chi connectivity index (χ0) is 20.0. The van der Waals surface area contributed by atoms with Crippen molar-refractivity contribution in [1.29, 1.82) is 0 Å². The van der Waals surface area contributed by atoms with Crippen molar-refractivity contribution >= 4 is 17.4 Å². The van der Waals surface area contributed by atoms with Gasteiger partial charge in [0, 0.05) is 24.8 Å².